The van der Waals surface area contributed by atoms with Crippen molar-refractivity contribution in [3.05, 3.63) is 108 Å². The van der Waals surface area contributed by atoms with Gasteiger partial charge in [0.15, 0.2) is 0 Å². The topological polar surface area (TPSA) is 69.4 Å². The Balaban J connectivity index is 1.28. The van der Waals surface area contributed by atoms with E-state index in [1.165, 1.54) is 10.9 Å². The van der Waals surface area contributed by atoms with E-state index in [0.717, 1.165) is 57.6 Å². The number of nitrogens with one attached hydrogen (secondary N) is 3. The van der Waals surface area contributed by atoms with Gasteiger partial charge < -0.3 is 10.3 Å². The number of aromatic nitrogens is 4. The largest absolute Gasteiger partial charge is 0.353 e. The first kappa shape index (κ1) is 19.5. The van der Waals surface area contributed by atoms with Crippen molar-refractivity contribution in [3.63, 3.8) is 0 Å². The number of nitrogens with zero attached hydrogens (tertiary/aromatic N) is 2. The first-order chi connectivity index (χ1) is 16.3. The van der Waals surface area contributed by atoms with E-state index in [4.69, 9.17) is 0 Å². The average Bonchev–Trinajstić information content (AvgIpc) is 3.48. The van der Waals surface area contributed by atoms with Crippen LogP contribution in [0.15, 0.2) is 97.3 Å². The number of rotatable bonds is 6. The third-order valence-corrected chi connectivity index (χ3v) is 5.98. The number of pyridine rings is 1. The zero-order valence-electron chi connectivity index (χ0n) is 18.0. The van der Waals surface area contributed by atoms with Crippen molar-refractivity contribution in [3.8, 4) is 22.5 Å². The average molecular weight is 430 g/mol. The summed E-state index contributed by atoms with van der Waals surface area (Å²) in [4.78, 5) is 7.99. The molecule has 0 aliphatic heterocycles. The van der Waals surface area contributed by atoms with Gasteiger partial charge in [-0.25, -0.2) is 0 Å². The fourth-order valence-electron chi connectivity index (χ4n) is 4.29. The van der Waals surface area contributed by atoms with E-state index in [0.29, 0.717) is 0 Å². The second-order valence-electron chi connectivity index (χ2n) is 8.27. The Morgan fingerprint density at radius 3 is 2.45 bits per heavy atom. The van der Waals surface area contributed by atoms with Crippen molar-refractivity contribution >= 4 is 21.8 Å². The van der Waals surface area contributed by atoms with E-state index >= 15 is 0 Å². The van der Waals surface area contributed by atoms with Crippen molar-refractivity contribution in [2.45, 2.75) is 13.1 Å². The molecule has 0 aliphatic carbocycles. The summed E-state index contributed by atoms with van der Waals surface area (Å²) < 4.78 is 0. The number of benzene rings is 3. The molecule has 0 spiro atoms. The third-order valence-electron chi connectivity index (χ3n) is 5.98. The fourth-order valence-corrected chi connectivity index (χ4v) is 4.29. The Labute approximate surface area is 191 Å². The standard InChI is InChI=1S/C28H23N5/c1-2-6-19(7-3-1)15-29-16-20-12-23(18-30-17-20)21-10-11-26-24(13-21)28(33-32-26)27-14-22-8-4-5-9-25(22)31-27/h1-14,17-18,29,31H,15-16H2,(H,32,33). The number of hydrogen-bond donors (Lipinski definition) is 3. The lowest BCUT2D eigenvalue weighted by Crippen LogP contribution is -2.12. The Kier molecular flexibility index (Phi) is 4.94. The van der Waals surface area contributed by atoms with Crippen LogP contribution in [0.4, 0.5) is 0 Å². The van der Waals surface area contributed by atoms with Crippen LogP contribution in [-0.4, -0.2) is 20.2 Å². The Morgan fingerprint density at radius 2 is 1.55 bits per heavy atom. The minimum Gasteiger partial charge on any atom is -0.353 e. The molecular weight excluding hydrogens is 406 g/mol. The Bertz CT molecular complexity index is 1510. The van der Waals surface area contributed by atoms with Gasteiger partial charge in [0.2, 0.25) is 0 Å². The van der Waals surface area contributed by atoms with E-state index in [-0.39, 0.29) is 0 Å². The van der Waals surface area contributed by atoms with Gasteiger partial charge in [-0.3, -0.25) is 10.1 Å². The predicted molar refractivity (Wildman–Crippen MR) is 134 cm³/mol. The van der Waals surface area contributed by atoms with Gasteiger partial charge >= 0.3 is 0 Å². The molecule has 160 valence electrons. The second-order valence-corrected chi connectivity index (χ2v) is 8.27. The summed E-state index contributed by atoms with van der Waals surface area (Å²) in [7, 11) is 0. The monoisotopic (exact) mass is 429 g/mol. The van der Waals surface area contributed by atoms with E-state index in [2.05, 4.69) is 98.3 Å². The van der Waals surface area contributed by atoms with Crippen LogP contribution in [0.5, 0.6) is 0 Å². The van der Waals surface area contributed by atoms with Crippen molar-refractivity contribution in [1.82, 2.24) is 25.5 Å². The highest BCUT2D eigenvalue weighted by molar-refractivity contribution is 5.97. The Hall–Kier alpha value is -4.22. The molecule has 0 bridgehead atoms. The summed E-state index contributed by atoms with van der Waals surface area (Å²) in [5, 5.41) is 13.5. The van der Waals surface area contributed by atoms with Crippen molar-refractivity contribution in [2.24, 2.45) is 0 Å². The molecule has 0 saturated heterocycles. The molecular formula is C28H23N5. The molecule has 0 atom stereocenters. The molecule has 3 aromatic carbocycles. The summed E-state index contributed by atoms with van der Waals surface area (Å²) in [5.74, 6) is 0. The lowest BCUT2D eigenvalue weighted by atomic mass is 10.0. The van der Waals surface area contributed by atoms with Crippen LogP contribution < -0.4 is 5.32 Å². The molecule has 6 rings (SSSR count). The van der Waals surface area contributed by atoms with Gasteiger partial charge in [-0.05, 0) is 47.0 Å². The summed E-state index contributed by atoms with van der Waals surface area (Å²) in [6, 6.07) is 29.5. The lowest BCUT2D eigenvalue weighted by molar-refractivity contribution is 0.691. The second kappa shape index (κ2) is 8.37. The molecule has 3 N–H and O–H groups in total. The normalized spacial score (nSPS) is 11.4. The highest BCUT2D eigenvalue weighted by Crippen LogP contribution is 2.31. The molecule has 0 saturated carbocycles. The van der Waals surface area contributed by atoms with E-state index in [9.17, 15) is 0 Å². The maximum Gasteiger partial charge on any atom is 0.116 e. The number of fused-ring (bicyclic) bond motifs is 2. The molecule has 6 aromatic rings. The van der Waals surface area contributed by atoms with Gasteiger partial charge in [0, 0.05) is 47.3 Å². The first-order valence-corrected chi connectivity index (χ1v) is 11.1. The molecule has 33 heavy (non-hydrogen) atoms. The quantitative estimate of drug-likeness (QED) is 0.301. The zero-order valence-corrected chi connectivity index (χ0v) is 18.0. The maximum atomic E-state index is 4.60. The lowest BCUT2D eigenvalue weighted by Gasteiger charge is -2.08. The van der Waals surface area contributed by atoms with Crippen molar-refractivity contribution in [2.75, 3.05) is 0 Å². The zero-order chi connectivity index (χ0) is 22.0. The molecule has 0 unspecified atom stereocenters. The minimum absolute atomic E-state index is 0.768. The number of para-hydroxylation sites is 1. The minimum atomic E-state index is 0.768. The van der Waals surface area contributed by atoms with Crippen LogP contribution in [0.1, 0.15) is 11.1 Å². The maximum absolute atomic E-state index is 4.60. The smallest absolute Gasteiger partial charge is 0.116 e. The van der Waals surface area contributed by atoms with Gasteiger partial charge in [-0.2, -0.15) is 5.10 Å². The first-order valence-electron chi connectivity index (χ1n) is 11.1. The molecule has 0 aliphatic rings. The molecule has 0 amide bonds. The SMILES string of the molecule is c1ccc(CNCc2cncc(-c3ccc4[nH]nc(-c5cc6ccccc6[nH]5)c4c3)c2)cc1. The van der Waals surface area contributed by atoms with Crippen molar-refractivity contribution < 1.29 is 0 Å². The van der Waals surface area contributed by atoms with Crippen LogP contribution in [0.2, 0.25) is 0 Å². The molecule has 3 heterocycles. The third kappa shape index (κ3) is 3.90. The van der Waals surface area contributed by atoms with Gasteiger partial charge in [-0.1, -0.05) is 54.6 Å². The molecule has 0 fully saturated rings. The van der Waals surface area contributed by atoms with Crippen LogP contribution in [0.3, 0.4) is 0 Å². The Morgan fingerprint density at radius 1 is 0.697 bits per heavy atom. The van der Waals surface area contributed by atoms with E-state index < -0.39 is 0 Å². The van der Waals surface area contributed by atoms with E-state index in [1.807, 2.05) is 24.5 Å². The van der Waals surface area contributed by atoms with Gasteiger partial charge in [0.25, 0.3) is 0 Å². The van der Waals surface area contributed by atoms with Crippen LogP contribution in [-0.2, 0) is 13.1 Å². The fraction of sp³-hybridized carbons (Fsp3) is 0.0714. The summed E-state index contributed by atoms with van der Waals surface area (Å²) in [6.45, 7) is 1.60. The highest BCUT2D eigenvalue weighted by atomic mass is 15.1. The van der Waals surface area contributed by atoms with Crippen LogP contribution >= 0.6 is 0 Å². The highest BCUT2D eigenvalue weighted by Gasteiger charge is 2.12. The number of aromatic amines is 2. The van der Waals surface area contributed by atoms with Crippen LogP contribution in [0, 0.1) is 0 Å². The van der Waals surface area contributed by atoms with Crippen LogP contribution in [0.25, 0.3) is 44.3 Å². The molecule has 5 heteroatoms. The van der Waals surface area contributed by atoms with Crippen molar-refractivity contribution in [1.29, 1.82) is 0 Å². The van der Waals surface area contributed by atoms with Gasteiger partial charge in [0.05, 0.1) is 11.2 Å². The van der Waals surface area contributed by atoms with E-state index in [1.54, 1.807) is 0 Å². The molecule has 5 nitrogen and oxygen atoms in total. The number of H-pyrrole nitrogens is 2. The van der Waals surface area contributed by atoms with Gasteiger partial charge in [-0.15, -0.1) is 0 Å². The van der Waals surface area contributed by atoms with Gasteiger partial charge in [0.1, 0.15) is 5.69 Å². The number of hydrogen-bond acceptors (Lipinski definition) is 3. The predicted octanol–water partition coefficient (Wildman–Crippen LogP) is 6.06. The summed E-state index contributed by atoms with van der Waals surface area (Å²) in [6.07, 6.45) is 3.85. The summed E-state index contributed by atoms with van der Waals surface area (Å²) in [5.41, 5.74) is 8.72. The summed E-state index contributed by atoms with van der Waals surface area (Å²) >= 11 is 0. The molecule has 3 aromatic heterocycles. The molecule has 0 radical (unpaired) electrons.